The highest BCUT2D eigenvalue weighted by molar-refractivity contribution is 4.92. The molecule has 3 heterocycles. The molecule has 1 aliphatic carbocycles. The smallest absolute Gasteiger partial charge is 0.0831 e. The Balaban J connectivity index is 0.000000258. The van der Waals surface area contributed by atoms with Gasteiger partial charge >= 0.3 is 0 Å². The summed E-state index contributed by atoms with van der Waals surface area (Å²) >= 11 is 0. The van der Waals surface area contributed by atoms with E-state index in [1.54, 1.807) is 7.11 Å². The molecular formula is C20H39N3O2. The van der Waals surface area contributed by atoms with Gasteiger partial charge in [-0.05, 0) is 71.0 Å². The molecule has 1 saturated carbocycles. The summed E-state index contributed by atoms with van der Waals surface area (Å²) in [6.45, 7) is 9.34. The number of piperidine rings is 2. The lowest BCUT2D eigenvalue weighted by Gasteiger charge is -2.45. The molecule has 3 aliphatic heterocycles. The van der Waals surface area contributed by atoms with E-state index in [0.29, 0.717) is 6.10 Å². The van der Waals surface area contributed by atoms with Crippen LogP contribution >= 0.6 is 0 Å². The summed E-state index contributed by atoms with van der Waals surface area (Å²) in [5, 5.41) is 3.50. The van der Waals surface area contributed by atoms with Gasteiger partial charge < -0.3 is 24.6 Å². The van der Waals surface area contributed by atoms with Gasteiger partial charge in [0.05, 0.1) is 18.3 Å². The number of hydrogen-bond donors (Lipinski definition) is 1. The Morgan fingerprint density at radius 2 is 1.80 bits per heavy atom. The minimum absolute atomic E-state index is 0.168. The Labute approximate surface area is 154 Å². The van der Waals surface area contributed by atoms with Gasteiger partial charge in [0.15, 0.2) is 0 Å². The van der Waals surface area contributed by atoms with E-state index in [0.717, 1.165) is 25.6 Å². The molecule has 4 fully saturated rings. The van der Waals surface area contributed by atoms with Gasteiger partial charge in [-0.15, -0.1) is 0 Å². The predicted molar refractivity (Wildman–Crippen MR) is 102 cm³/mol. The molecule has 4 rings (SSSR count). The molecule has 4 aliphatic rings. The summed E-state index contributed by atoms with van der Waals surface area (Å²) in [5.41, 5.74) is 0.168. The maximum Gasteiger partial charge on any atom is 0.0831 e. The molecule has 0 bridgehead atoms. The van der Waals surface area contributed by atoms with Gasteiger partial charge in [0.25, 0.3) is 0 Å². The highest BCUT2D eigenvalue weighted by atomic mass is 16.5. The quantitative estimate of drug-likeness (QED) is 0.840. The first kappa shape index (κ1) is 19.6. The second-order valence-corrected chi connectivity index (χ2v) is 8.54. The number of nitrogens with zero attached hydrogens (tertiary/aromatic N) is 2. The largest absolute Gasteiger partial charge is 0.381 e. The van der Waals surface area contributed by atoms with Gasteiger partial charge in [-0.2, -0.15) is 0 Å². The van der Waals surface area contributed by atoms with Crippen LogP contribution in [0.3, 0.4) is 0 Å². The van der Waals surface area contributed by atoms with Crippen LogP contribution in [0.4, 0.5) is 0 Å². The lowest BCUT2D eigenvalue weighted by atomic mass is 9.88. The minimum atomic E-state index is 0.168. The lowest BCUT2D eigenvalue weighted by molar-refractivity contribution is -0.101. The lowest BCUT2D eigenvalue weighted by Crippen LogP contribution is -2.56. The second kappa shape index (κ2) is 9.65. The van der Waals surface area contributed by atoms with Crippen molar-refractivity contribution in [1.82, 2.24) is 15.1 Å². The third-order valence-corrected chi connectivity index (χ3v) is 6.64. The molecule has 0 aromatic carbocycles. The number of nitrogens with one attached hydrogen (secondary N) is 1. The van der Waals surface area contributed by atoms with Gasteiger partial charge in [0, 0.05) is 39.8 Å². The van der Waals surface area contributed by atoms with E-state index in [4.69, 9.17) is 9.47 Å². The van der Waals surface area contributed by atoms with Crippen LogP contribution in [0.2, 0.25) is 0 Å². The minimum Gasteiger partial charge on any atom is -0.381 e. The van der Waals surface area contributed by atoms with Gasteiger partial charge in [-0.3, -0.25) is 0 Å². The SMILES string of the molecule is CN1CCC(CN2CCC3(CC2)CNCCO3)CC1.COC1CCC1. The Morgan fingerprint density at radius 1 is 1.08 bits per heavy atom. The van der Waals surface area contributed by atoms with Crippen LogP contribution in [0.1, 0.15) is 44.9 Å². The van der Waals surface area contributed by atoms with E-state index in [-0.39, 0.29) is 5.60 Å². The first-order valence-electron chi connectivity index (χ1n) is 10.5. The zero-order chi connectivity index (χ0) is 17.5. The Morgan fingerprint density at radius 3 is 2.28 bits per heavy atom. The number of methoxy groups -OCH3 is 1. The fraction of sp³-hybridized carbons (Fsp3) is 1.00. The molecule has 0 radical (unpaired) electrons. The molecule has 3 saturated heterocycles. The zero-order valence-electron chi connectivity index (χ0n) is 16.5. The third kappa shape index (κ3) is 5.90. The molecule has 0 amide bonds. The normalized spacial score (nSPS) is 29.0. The number of likely N-dealkylation sites (tertiary alicyclic amines) is 2. The first-order valence-corrected chi connectivity index (χ1v) is 10.5. The van der Waals surface area contributed by atoms with Gasteiger partial charge in [-0.1, -0.05) is 0 Å². The van der Waals surface area contributed by atoms with Crippen molar-refractivity contribution in [2.45, 2.75) is 56.7 Å². The van der Waals surface area contributed by atoms with Crippen molar-refractivity contribution in [3.05, 3.63) is 0 Å². The van der Waals surface area contributed by atoms with Crippen LogP contribution in [0.15, 0.2) is 0 Å². The molecular weight excluding hydrogens is 314 g/mol. The van der Waals surface area contributed by atoms with Crippen LogP contribution in [-0.2, 0) is 9.47 Å². The number of hydrogen-bond acceptors (Lipinski definition) is 5. The maximum atomic E-state index is 6.06. The van der Waals surface area contributed by atoms with Gasteiger partial charge in [-0.25, -0.2) is 0 Å². The molecule has 0 unspecified atom stereocenters. The maximum absolute atomic E-state index is 6.06. The Bertz CT molecular complexity index is 362. The summed E-state index contributed by atoms with van der Waals surface area (Å²) < 4.78 is 11.0. The van der Waals surface area contributed by atoms with Gasteiger partial charge in [0.2, 0.25) is 0 Å². The van der Waals surface area contributed by atoms with Crippen molar-refractivity contribution in [2.75, 3.05) is 66.6 Å². The summed E-state index contributed by atoms with van der Waals surface area (Å²) in [4.78, 5) is 5.14. The summed E-state index contributed by atoms with van der Waals surface area (Å²) in [6.07, 6.45) is 9.77. The molecule has 146 valence electrons. The number of morpholine rings is 1. The predicted octanol–water partition coefficient (Wildman–Crippen LogP) is 1.97. The van der Waals surface area contributed by atoms with Crippen molar-refractivity contribution < 1.29 is 9.47 Å². The van der Waals surface area contributed by atoms with Crippen LogP contribution in [0.25, 0.3) is 0 Å². The van der Waals surface area contributed by atoms with E-state index in [1.807, 2.05) is 0 Å². The molecule has 1 N–H and O–H groups in total. The molecule has 1 spiro atoms. The molecule has 0 aromatic heterocycles. The van der Waals surface area contributed by atoms with Crippen LogP contribution in [0, 0.1) is 5.92 Å². The van der Waals surface area contributed by atoms with E-state index < -0.39 is 0 Å². The summed E-state index contributed by atoms with van der Waals surface area (Å²) in [7, 11) is 4.03. The number of rotatable bonds is 3. The monoisotopic (exact) mass is 353 g/mol. The van der Waals surface area contributed by atoms with E-state index in [1.165, 1.54) is 77.7 Å². The van der Waals surface area contributed by atoms with Crippen molar-refractivity contribution in [2.24, 2.45) is 5.92 Å². The first-order chi connectivity index (χ1) is 12.2. The molecule has 5 nitrogen and oxygen atoms in total. The molecule has 25 heavy (non-hydrogen) atoms. The van der Waals surface area contributed by atoms with Crippen molar-refractivity contribution in [1.29, 1.82) is 0 Å². The Kier molecular flexibility index (Phi) is 7.55. The topological polar surface area (TPSA) is 37.0 Å². The molecule has 0 aromatic rings. The van der Waals surface area contributed by atoms with E-state index in [2.05, 4.69) is 22.2 Å². The van der Waals surface area contributed by atoms with Crippen molar-refractivity contribution in [3.8, 4) is 0 Å². The Hall–Kier alpha value is -0.200. The summed E-state index contributed by atoms with van der Waals surface area (Å²) in [5.74, 6) is 0.927. The highest BCUT2D eigenvalue weighted by Gasteiger charge is 2.37. The standard InChI is InChI=1S/C15H29N3O.C5H10O/c1-17-7-2-14(3-8-17)12-18-9-4-15(5-10-18)13-16-6-11-19-15;1-6-5-3-2-4-5/h14,16H,2-13H2,1H3;5H,2-4H2,1H3. The average Bonchev–Trinajstić information content (AvgIpc) is 2.60. The van der Waals surface area contributed by atoms with E-state index in [9.17, 15) is 0 Å². The molecule has 5 heteroatoms. The van der Waals surface area contributed by atoms with Crippen LogP contribution < -0.4 is 5.32 Å². The molecule has 0 atom stereocenters. The fourth-order valence-corrected chi connectivity index (χ4v) is 4.39. The second-order valence-electron chi connectivity index (χ2n) is 8.54. The summed E-state index contributed by atoms with van der Waals surface area (Å²) in [6, 6.07) is 0. The van der Waals surface area contributed by atoms with Crippen molar-refractivity contribution >= 4 is 0 Å². The van der Waals surface area contributed by atoms with Crippen LogP contribution in [-0.4, -0.2) is 88.1 Å². The zero-order valence-corrected chi connectivity index (χ0v) is 16.5. The van der Waals surface area contributed by atoms with Crippen LogP contribution in [0.5, 0.6) is 0 Å². The van der Waals surface area contributed by atoms with Gasteiger partial charge in [0.1, 0.15) is 0 Å². The third-order valence-electron chi connectivity index (χ3n) is 6.64. The van der Waals surface area contributed by atoms with Crippen molar-refractivity contribution in [3.63, 3.8) is 0 Å². The fourth-order valence-electron chi connectivity index (χ4n) is 4.39. The number of ether oxygens (including phenoxy) is 2. The van der Waals surface area contributed by atoms with E-state index >= 15 is 0 Å². The highest BCUT2D eigenvalue weighted by Crippen LogP contribution is 2.28. The average molecular weight is 354 g/mol.